The Morgan fingerprint density at radius 3 is 2.86 bits per heavy atom. The number of nitrogens with zero attached hydrogens (tertiary/aromatic N) is 1. The van der Waals surface area contributed by atoms with Crippen molar-refractivity contribution in [3.05, 3.63) is 35.9 Å². The number of carbonyl (C=O) groups excluding carboxylic acids is 1. The van der Waals surface area contributed by atoms with Crippen LogP contribution in [0.15, 0.2) is 30.3 Å². The fraction of sp³-hybridized carbons (Fsp3) is 0.632. The van der Waals surface area contributed by atoms with Crippen LogP contribution in [-0.4, -0.2) is 27.5 Å². The van der Waals surface area contributed by atoms with Gasteiger partial charge in [-0.2, -0.15) is 0 Å². The van der Waals surface area contributed by atoms with Gasteiger partial charge in [-0.15, -0.1) is 11.8 Å². The summed E-state index contributed by atoms with van der Waals surface area (Å²) in [5.41, 5.74) is 1.78. The van der Waals surface area contributed by atoms with Crippen molar-refractivity contribution in [2.75, 3.05) is 6.54 Å². The van der Waals surface area contributed by atoms with Gasteiger partial charge in [-0.1, -0.05) is 37.3 Å². The molecule has 116 valence electrons. The SMILES string of the molecule is CC[C@@]12CCCN3C(=O)[C@H]4S[C@]31[C@H](CC2)[C@@H]4c1ccccc1. The van der Waals surface area contributed by atoms with E-state index < -0.39 is 0 Å². The third-order valence-electron chi connectivity index (χ3n) is 7.07. The van der Waals surface area contributed by atoms with Crippen LogP contribution in [0.5, 0.6) is 0 Å². The Labute approximate surface area is 136 Å². The fourth-order valence-electron chi connectivity index (χ4n) is 6.23. The van der Waals surface area contributed by atoms with Crippen LogP contribution >= 0.6 is 11.8 Å². The minimum Gasteiger partial charge on any atom is -0.326 e. The van der Waals surface area contributed by atoms with E-state index in [1.54, 1.807) is 0 Å². The van der Waals surface area contributed by atoms with Crippen molar-refractivity contribution in [3.8, 4) is 0 Å². The number of piperidine rings is 2. The van der Waals surface area contributed by atoms with Crippen LogP contribution < -0.4 is 0 Å². The van der Waals surface area contributed by atoms with Crippen LogP contribution in [0.1, 0.15) is 50.5 Å². The normalized spacial score (nSPS) is 45.4. The highest BCUT2D eigenvalue weighted by atomic mass is 32.2. The highest BCUT2D eigenvalue weighted by Crippen LogP contribution is 2.76. The molecule has 0 N–H and O–H groups in total. The van der Waals surface area contributed by atoms with Gasteiger partial charge in [0.15, 0.2) is 0 Å². The monoisotopic (exact) mass is 313 g/mol. The minimum atomic E-state index is 0.127. The molecule has 0 unspecified atom stereocenters. The number of hydrogen-bond acceptors (Lipinski definition) is 2. The lowest BCUT2D eigenvalue weighted by atomic mass is 9.66. The van der Waals surface area contributed by atoms with Gasteiger partial charge < -0.3 is 4.90 Å². The lowest BCUT2D eigenvalue weighted by Gasteiger charge is -2.54. The van der Waals surface area contributed by atoms with E-state index in [0.29, 0.717) is 23.2 Å². The predicted octanol–water partition coefficient (Wildman–Crippen LogP) is 4.02. The number of thioether (sulfide) groups is 1. The largest absolute Gasteiger partial charge is 0.326 e. The molecule has 4 aliphatic rings. The zero-order valence-electron chi connectivity index (χ0n) is 13.1. The maximum atomic E-state index is 13.1. The first-order chi connectivity index (χ1) is 10.7. The van der Waals surface area contributed by atoms with Crippen LogP contribution in [0.2, 0.25) is 0 Å². The Bertz CT molecular complexity index is 632. The Morgan fingerprint density at radius 1 is 1.27 bits per heavy atom. The van der Waals surface area contributed by atoms with Gasteiger partial charge in [0.1, 0.15) is 0 Å². The van der Waals surface area contributed by atoms with Gasteiger partial charge >= 0.3 is 0 Å². The molecule has 1 aliphatic carbocycles. The van der Waals surface area contributed by atoms with Crippen molar-refractivity contribution in [2.24, 2.45) is 11.3 Å². The van der Waals surface area contributed by atoms with Crippen molar-refractivity contribution in [1.82, 2.24) is 4.90 Å². The molecule has 3 heterocycles. The number of benzene rings is 1. The molecular weight excluding hydrogens is 290 g/mol. The van der Waals surface area contributed by atoms with Crippen molar-refractivity contribution in [1.29, 1.82) is 0 Å². The molecule has 22 heavy (non-hydrogen) atoms. The number of carbonyl (C=O) groups is 1. The van der Waals surface area contributed by atoms with Crippen molar-refractivity contribution in [3.63, 3.8) is 0 Å². The summed E-state index contributed by atoms with van der Waals surface area (Å²) in [4.78, 5) is 15.5. The number of hydrogen-bond donors (Lipinski definition) is 0. The van der Waals surface area contributed by atoms with E-state index in [2.05, 4.69) is 53.9 Å². The quantitative estimate of drug-likeness (QED) is 0.822. The number of fused-ring (bicyclic) bond motifs is 1. The van der Waals surface area contributed by atoms with Crippen LogP contribution in [0.4, 0.5) is 0 Å². The van der Waals surface area contributed by atoms with E-state index in [-0.39, 0.29) is 10.1 Å². The molecule has 2 nitrogen and oxygen atoms in total. The Balaban J connectivity index is 1.67. The fourth-order valence-corrected chi connectivity index (χ4v) is 8.68. The number of amides is 1. The standard InChI is InChI=1S/C19H23NOS/c1-2-18-10-6-12-20-17(21)16-15(13-7-4-3-5-8-13)14(9-11-18)19(18,20)22-16/h3-5,7-8,14-16H,2,6,9-12H2,1H3/t14-,15+,16+,18+,19+/m1/s1. The van der Waals surface area contributed by atoms with E-state index in [9.17, 15) is 4.79 Å². The summed E-state index contributed by atoms with van der Waals surface area (Å²) in [6, 6.07) is 10.8. The Hall–Kier alpha value is -0.960. The van der Waals surface area contributed by atoms with Crippen molar-refractivity contribution in [2.45, 2.75) is 55.1 Å². The van der Waals surface area contributed by atoms with E-state index in [1.165, 1.54) is 37.7 Å². The molecule has 1 amide bonds. The van der Waals surface area contributed by atoms with Gasteiger partial charge in [-0.05, 0) is 37.7 Å². The third-order valence-corrected chi connectivity index (χ3v) is 9.14. The summed E-state index contributed by atoms with van der Waals surface area (Å²) >= 11 is 2.05. The Kier molecular flexibility index (Phi) is 2.64. The first-order valence-electron chi connectivity index (χ1n) is 8.78. The van der Waals surface area contributed by atoms with Crippen LogP contribution in [0.3, 0.4) is 0 Å². The molecule has 1 aromatic carbocycles. The van der Waals surface area contributed by atoms with Crippen LogP contribution in [0.25, 0.3) is 0 Å². The van der Waals surface area contributed by atoms with Gasteiger partial charge in [-0.3, -0.25) is 4.79 Å². The van der Waals surface area contributed by atoms with E-state index >= 15 is 0 Å². The molecule has 3 aliphatic heterocycles. The molecule has 1 saturated carbocycles. The molecule has 3 saturated heterocycles. The second-order valence-electron chi connectivity index (χ2n) is 7.54. The molecule has 4 fully saturated rings. The van der Waals surface area contributed by atoms with E-state index in [1.807, 2.05) is 0 Å². The summed E-state index contributed by atoms with van der Waals surface area (Å²) in [6.45, 7) is 3.36. The second-order valence-corrected chi connectivity index (χ2v) is 8.91. The van der Waals surface area contributed by atoms with Crippen molar-refractivity contribution >= 4 is 17.7 Å². The van der Waals surface area contributed by atoms with Crippen LogP contribution in [-0.2, 0) is 4.79 Å². The lowest BCUT2D eigenvalue weighted by molar-refractivity contribution is -0.144. The first-order valence-corrected chi connectivity index (χ1v) is 9.66. The smallest absolute Gasteiger partial charge is 0.237 e. The lowest BCUT2D eigenvalue weighted by Crippen LogP contribution is -2.62. The highest BCUT2D eigenvalue weighted by Gasteiger charge is 2.76. The second kappa shape index (κ2) is 4.31. The summed E-state index contributed by atoms with van der Waals surface area (Å²) < 4.78 is 0. The minimum absolute atomic E-state index is 0.127. The van der Waals surface area contributed by atoms with Gasteiger partial charge in [0.2, 0.25) is 5.91 Å². The summed E-state index contributed by atoms with van der Waals surface area (Å²) in [5, 5.41) is 0.178. The van der Waals surface area contributed by atoms with E-state index in [0.717, 1.165) is 6.54 Å². The topological polar surface area (TPSA) is 20.3 Å². The highest BCUT2D eigenvalue weighted by molar-refractivity contribution is 8.02. The zero-order chi connectivity index (χ0) is 14.9. The third kappa shape index (κ3) is 1.30. The molecule has 3 heteroatoms. The summed E-state index contributed by atoms with van der Waals surface area (Å²) in [7, 11) is 0. The predicted molar refractivity (Wildman–Crippen MR) is 89.7 cm³/mol. The molecular formula is C19H23NOS. The first kappa shape index (κ1) is 13.5. The molecule has 0 radical (unpaired) electrons. The van der Waals surface area contributed by atoms with Gasteiger partial charge in [0.05, 0.1) is 10.1 Å². The average molecular weight is 313 g/mol. The van der Waals surface area contributed by atoms with Crippen LogP contribution in [0, 0.1) is 11.3 Å². The van der Waals surface area contributed by atoms with Gasteiger partial charge in [-0.25, -0.2) is 0 Å². The molecule has 5 rings (SSSR count). The maximum Gasteiger partial charge on any atom is 0.237 e. The average Bonchev–Trinajstić information content (AvgIpc) is 3.16. The summed E-state index contributed by atoms with van der Waals surface area (Å²) in [6.07, 6.45) is 6.39. The van der Waals surface area contributed by atoms with Crippen molar-refractivity contribution < 1.29 is 4.79 Å². The number of rotatable bonds is 2. The molecule has 0 aromatic heterocycles. The summed E-state index contributed by atoms with van der Waals surface area (Å²) in [5.74, 6) is 1.55. The van der Waals surface area contributed by atoms with E-state index in [4.69, 9.17) is 0 Å². The molecule has 1 spiro atoms. The zero-order valence-corrected chi connectivity index (χ0v) is 13.9. The van der Waals surface area contributed by atoms with Gasteiger partial charge in [0, 0.05) is 23.8 Å². The Morgan fingerprint density at radius 2 is 2.09 bits per heavy atom. The van der Waals surface area contributed by atoms with Gasteiger partial charge in [0.25, 0.3) is 0 Å². The molecule has 5 atom stereocenters. The molecule has 2 bridgehead atoms. The maximum absolute atomic E-state index is 13.1. The molecule has 1 aromatic rings.